The van der Waals surface area contributed by atoms with Gasteiger partial charge < -0.3 is 10.5 Å². The molecule has 1 aromatic heterocycles. The van der Waals surface area contributed by atoms with Crippen LogP contribution in [0.1, 0.15) is 36.8 Å². The molecule has 0 unspecified atom stereocenters. The van der Waals surface area contributed by atoms with E-state index >= 15 is 0 Å². The number of ketones is 1. The molecule has 3 rings (SSSR count). The van der Waals surface area contributed by atoms with Crippen molar-refractivity contribution in [1.82, 2.24) is 14.7 Å². The number of hydrogen-bond donors (Lipinski definition) is 1. The first kappa shape index (κ1) is 17.6. The van der Waals surface area contributed by atoms with Gasteiger partial charge in [-0.15, -0.1) is 0 Å². The largest absolute Gasteiger partial charge is 0.384 e. The minimum absolute atomic E-state index is 0.0802. The Morgan fingerprint density at radius 1 is 1.24 bits per heavy atom. The molecule has 0 bridgehead atoms. The minimum Gasteiger partial charge on any atom is -0.384 e. The van der Waals surface area contributed by atoms with E-state index in [1.54, 1.807) is 4.68 Å². The van der Waals surface area contributed by atoms with Gasteiger partial charge in [0.25, 0.3) is 0 Å². The highest BCUT2D eigenvalue weighted by atomic mass is 16.5. The normalized spacial score (nSPS) is 16.1. The maximum absolute atomic E-state index is 12.6. The average molecular weight is 342 g/mol. The number of nitrogen functional groups attached to an aromatic ring is 1. The van der Waals surface area contributed by atoms with E-state index in [9.17, 15) is 4.79 Å². The molecule has 2 aromatic rings. The smallest absolute Gasteiger partial charge is 0.176 e. The van der Waals surface area contributed by atoms with Crippen molar-refractivity contribution in [2.75, 3.05) is 38.6 Å². The Bertz CT molecular complexity index is 755. The number of aromatic nitrogens is 2. The van der Waals surface area contributed by atoms with Crippen LogP contribution in [0.5, 0.6) is 0 Å². The molecular weight excluding hydrogens is 316 g/mol. The van der Waals surface area contributed by atoms with Crippen LogP contribution in [0, 0.1) is 0 Å². The number of ether oxygens (including phenoxy) is 1. The SMILES string of the molecule is CC(C)(C)c1cc(N)n(-c2cccc(C(=O)CN3CCOCC3)c2)n1. The molecule has 2 N–H and O–H groups in total. The maximum Gasteiger partial charge on any atom is 0.176 e. The lowest BCUT2D eigenvalue weighted by Crippen LogP contribution is -2.39. The van der Waals surface area contributed by atoms with Gasteiger partial charge in [-0.05, 0) is 12.1 Å². The molecule has 0 atom stereocenters. The van der Waals surface area contributed by atoms with Crippen molar-refractivity contribution in [2.45, 2.75) is 26.2 Å². The lowest BCUT2D eigenvalue weighted by atomic mass is 9.92. The summed E-state index contributed by atoms with van der Waals surface area (Å²) in [5.41, 5.74) is 8.47. The summed E-state index contributed by atoms with van der Waals surface area (Å²) in [4.78, 5) is 14.7. The first-order valence-electron chi connectivity index (χ1n) is 8.64. The van der Waals surface area contributed by atoms with E-state index in [2.05, 4.69) is 30.8 Å². The van der Waals surface area contributed by atoms with Crippen molar-refractivity contribution < 1.29 is 9.53 Å². The van der Waals surface area contributed by atoms with Gasteiger partial charge in [0.1, 0.15) is 5.82 Å². The number of rotatable bonds is 4. The predicted molar refractivity (Wildman–Crippen MR) is 98.3 cm³/mol. The Morgan fingerprint density at radius 3 is 2.60 bits per heavy atom. The number of nitrogens with zero attached hydrogens (tertiary/aromatic N) is 3. The van der Waals surface area contributed by atoms with Crippen LogP contribution in [0.4, 0.5) is 5.82 Å². The zero-order valence-electron chi connectivity index (χ0n) is 15.2. The summed E-state index contributed by atoms with van der Waals surface area (Å²) in [6, 6.07) is 9.39. The first-order chi connectivity index (χ1) is 11.8. The lowest BCUT2D eigenvalue weighted by Gasteiger charge is -2.25. The third-order valence-corrected chi connectivity index (χ3v) is 4.39. The van der Waals surface area contributed by atoms with Gasteiger partial charge in [0.2, 0.25) is 0 Å². The van der Waals surface area contributed by atoms with E-state index in [0.29, 0.717) is 31.1 Å². The van der Waals surface area contributed by atoms with Crippen LogP contribution in [0.15, 0.2) is 30.3 Å². The fourth-order valence-electron chi connectivity index (χ4n) is 2.83. The van der Waals surface area contributed by atoms with Gasteiger partial charge in [-0.3, -0.25) is 9.69 Å². The van der Waals surface area contributed by atoms with Gasteiger partial charge in [-0.2, -0.15) is 5.10 Å². The first-order valence-corrected chi connectivity index (χ1v) is 8.64. The molecule has 0 radical (unpaired) electrons. The van der Waals surface area contributed by atoms with Gasteiger partial charge in [0.05, 0.1) is 31.1 Å². The van der Waals surface area contributed by atoms with Gasteiger partial charge >= 0.3 is 0 Å². The number of hydrogen-bond acceptors (Lipinski definition) is 5. The number of Topliss-reactive ketones (excluding diaryl/α,β-unsaturated/α-hetero) is 1. The second-order valence-electron chi connectivity index (χ2n) is 7.48. The second-order valence-corrected chi connectivity index (χ2v) is 7.48. The summed E-state index contributed by atoms with van der Waals surface area (Å²) < 4.78 is 7.03. The summed E-state index contributed by atoms with van der Waals surface area (Å²) in [7, 11) is 0. The lowest BCUT2D eigenvalue weighted by molar-refractivity contribution is 0.0371. The molecule has 2 heterocycles. The van der Waals surface area contributed by atoms with Crippen molar-refractivity contribution in [3.63, 3.8) is 0 Å². The fraction of sp³-hybridized carbons (Fsp3) is 0.474. The molecule has 1 fully saturated rings. The number of morpholine rings is 1. The van der Waals surface area contributed by atoms with Crippen molar-refractivity contribution in [1.29, 1.82) is 0 Å². The topological polar surface area (TPSA) is 73.4 Å². The number of benzene rings is 1. The van der Waals surface area contributed by atoms with E-state index in [0.717, 1.165) is 24.5 Å². The van der Waals surface area contributed by atoms with Crippen molar-refractivity contribution in [3.05, 3.63) is 41.6 Å². The van der Waals surface area contributed by atoms with Gasteiger partial charge in [0, 0.05) is 30.1 Å². The highest BCUT2D eigenvalue weighted by Gasteiger charge is 2.20. The molecular formula is C19H26N4O2. The molecule has 0 spiro atoms. The molecule has 134 valence electrons. The minimum atomic E-state index is -0.0802. The molecule has 6 heteroatoms. The van der Waals surface area contributed by atoms with E-state index < -0.39 is 0 Å². The van der Waals surface area contributed by atoms with Gasteiger partial charge in [-0.1, -0.05) is 32.9 Å². The maximum atomic E-state index is 12.6. The summed E-state index contributed by atoms with van der Waals surface area (Å²) in [5, 5.41) is 4.62. The number of anilines is 1. The zero-order chi connectivity index (χ0) is 18.0. The van der Waals surface area contributed by atoms with Crippen LogP contribution in [0.3, 0.4) is 0 Å². The van der Waals surface area contributed by atoms with Crippen LogP contribution in [-0.4, -0.2) is 53.3 Å². The molecule has 0 saturated carbocycles. The van der Waals surface area contributed by atoms with Gasteiger partial charge in [0.15, 0.2) is 5.78 Å². The molecule has 1 aliphatic rings. The van der Waals surface area contributed by atoms with Crippen LogP contribution in [0.25, 0.3) is 5.69 Å². The van der Waals surface area contributed by atoms with Crippen molar-refractivity contribution in [2.24, 2.45) is 0 Å². The zero-order valence-corrected chi connectivity index (χ0v) is 15.2. The third-order valence-electron chi connectivity index (χ3n) is 4.39. The van der Waals surface area contributed by atoms with Gasteiger partial charge in [-0.25, -0.2) is 4.68 Å². The third kappa shape index (κ3) is 4.08. The molecule has 25 heavy (non-hydrogen) atoms. The second kappa shape index (κ2) is 6.98. The van der Waals surface area contributed by atoms with Crippen LogP contribution < -0.4 is 5.73 Å². The van der Waals surface area contributed by atoms with E-state index in [-0.39, 0.29) is 11.2 Å². The molecule has 6 nitrogen and oxygen atoms in total. The van der Waals surface area contributed by atoms with Crippen molar-refractivity contribution >= 4 is 11.6 Å². The van der Waals surface area contributed by atoms with Crippen LogP contribution in [-0.2, 0) is 10.2 Å². The van der Waals surface area contributed by atoms with E-state index in [4.69, 9.17) is 10.5 Å². The molecule has 1 aromatic carbocycles. The molecule has 0 aliphatic carbocycles. The summed E-state index contributed by atoms with van der Waals surface area (Å²) in [6.07, 6.45) is 0. The number of carbonyl (C=O) groups excluding carboxylic acids is 1. The van der Waals surface area contributed by atoms with E-state index in [1.165, 1.54) is 0 Å². The highest BCUT2D eigenvalue weighted by molar-refractivity contribution is 5.98. The summed E-state index contributed by atoms with van der Waals surface area (Å²) in [6.45, 7) is 9.68. The van der Waals surface area contributed by atoms with E-state index in [1.807, 2.05) is 30.3 Å². The monoisotopic (exact) mass is 342 g/mol. The fourth-order valence-corrected chi connectivity index (χ4v) is 2.83. The average Bonchev–Trinajstić information content (AvgIpc) is 2.98. The highest BCUT2D eigenvalue weighted by Crippen LogP contribution is 2.25. The Morgan fingerprint density at radius 2 is 1.96 bits per heavy atom. The van der Waals surface area contributed by atoms with Crippen LogP contribution in [0.2, 0.25) is 0 Å². The van der Waals surface area contributed by atoms with Crippen molar-refractivity contribution in [3.8, 4) is 5.69 Å². The summed E-state index contributed by atoms with van der Waals surface area (Å²) >= 11 is 0. The molecule has 1 saturated heterocycles. The molecule has 0 amide bonds. The number of nitrogens with two attached hydrogens (primary N) is 1. The Balaban J connectivity index is 1.82. The Hall–Kier alpha value is -2.18. The molecule has 1 aliphatic heterocycles. The Labute approximate surface area is 148 Å². The van der Waals surface area contributed by atoms with Crippen LogP contribution >= 0.6 is 0 Å². The summed E-state index contributed by atoms with van der Waals surface area (Å²) in [5.74, 6) is 0.674. The number of carbonyl (C=O) groups is 1. The standard InChI is InChI=1S/C19H26N4O2/c1-19(2,3)17-12-18(20)23(21-17)15-6-4-5-14(11-15)16(24)13-22-7-9-25-10-8-22/h4-6,11-12H,7-10,13,20H2,1-3H3. The predicted octanol–water partition coefficient (Wildman–Crippen LogP) is 2.27. The Kier molecular flexibility index (Phi) is 4.92. The quantitative estimate of drug-likeness (QED) is 0.863.